The molecule has 21 heavy (non-hydrogen) atoms. The highest BCUT2D eigenvalue weighted by Crippen LogP contribution is 2.14. The Kier molecular flexibility index (Phi) is 6.41. The highest BCUT2D eigenvalue weighted by atomic mass is 16.4. The summed E-state index contributed by atoms with van der Waals surface area (Å²) in [5.74, 6) is 0.675. The fraction of sp³-hybridized carbons (Fsp3) is 0.857. The molecule has 1 N–H and O–H groups in total. The van der Waals surface area contributed by atoms with Gasteiger partial charge >= 0.3 is 6.01 Å². The van der Waals surface area contributed by atoms with Crippen LogP contribution in [0.1, 0.15) is 19.2 Å². The molecule has 1 aliphatic heterocycles. The van der Waals surface area contributed by atoms with E-state index in [1.807, 2.05) is 0 Å². The maximum atomic E-state index is 5.72. The first-order valence-electron chi connectivity index (χ1n) is 7.84. The Balaban J connectivity index is 1.74. The SMILES string of the molecule is CCCNCc1nnc(N2CCN(CCN(C)C)CC2)o1. The number of aromatic nitrogens is 2. The lowest BCUT2D eigenvalue weighted by Crippen LogP contribution is -2.48. The van der Waals surface area contributed by atoms with Gasteiger partial charge in [-0.15, -0.1) is 5.10 Å². The van der Waals surface area contributed by atoms with Gasteiger partial charge in [0.2, 0.25) is 5.89 Å². The van der Waals surface area contributed by atoms with E-state index in [2.05, 4.69) is 51.2 Å². The molecule has 1 fully saturated rings. The van der Waals surface area contributed by atoms with Gasteiger partial charge in [-0.2, -0.15) is 0 Å². The van der Waals surface area contributed by atoms with Crippen LogP contribution < -0.4 is 10.2 Å². The number of anilines is 1. The second-order valence-corrected chi connectivity index (χ2v) is 5.79. The highest BCUT2D eigenvalue weighted by Gasteiger charge is 2.21. The molecule has 0 aromatic carbocycles. The summed E-state index contributed by atoms with van der Waals surface area (Å²) >= 11 is 0. The minimum atomic E-state index is 0.656. The summed E-state index contributed by atoms with van der Waals surface area (Å²) in [5.41, 5.74) is 0. The van der Waals surface area contributed by atoms with E-state index in [9.17, 15) is 0 Å². The number of nitrogens with zero attached hydrogens (tertiary/aromatic N) is 5. The van der Waals surface area contributed by atoms with Crippen molar-refractivity contribution in [3.63, 3.8) is 0 Å². The summed E-state index contributed by atoms with van der Waals surface area (Å²) in [6, 6.07) is 0.663. The Labute approximate surface area is 127 Å². The summed E-state index contributed by atoms with van der Waals surface area (Å²) in [5, 5.41) is 11.5. The maximum absolute atomic E-state index is 5.72. The van der Waals surface area contributed by atoms with Crippen LogP contribution in [0.3, 0.4) is 0 Å². The van der Waals surface area contributed by atoms with Crippen molar-refractivity contribution in [2.45, 2.75) is 19.9 Å². The molecule has 1 saturated heterocycles. The Hall–Kier alpha value is -1.18. The number of nitrogens with one attached hydrogen (secondary N) is 1. The first kappa shape index (κ1) is 16.2. The maximum Gasteiger partial charge on any atom is 0.318 e. The van der Waals surface area contributed by atoms with E-state index in [0.717, 1.165) is 52.2 Å². The van der Waals surface area contributed by atoms with Crippen molar-refractivity contribution in [1.29, 1.82) is 0 Å². The molecule has 0 bridgehead atoms. The molecule has 7 nitrogen and oxygen atoms in total. The van der Waals surface area contributed by atoms with Gasteiger partial charge in [0.1, 0.15) is 0 Å². The third-order valence-corrected chi connectivity index (χ3v) is 3.67. The molecule has 120 valence electrons. The summed E-state index contributed by atoms with van der Waals surface area (Å²) in [6.45, 7) is 10.0. The van der Waals surface area contributed by atoms with Gasteiger partial charge in [-0.1, -0.05) is 12.0 Å². The Morgan fingerprint density at radius 2 is 1.95 bits per heavy atom. The van der Waals surface area contributed by atoms with Gasteiger partial charge in [0.05, 0.1) is 6.54 Å². The zero-order valence-electron chi connectivity index (χ0n) is 13.5. The van der Waals surface area contributed by atoms with Gasteiger partial charge < -0.3 is 19.5 Å². The quantitative estimate of drug-likeness (QED) is 0.690. The molecule has 0 aliphatic carbocycles. The Bertz CT molecular complexity index is 400. The number of hydrogen-bond acceptors (Lipinski definition) is 7. The number of rotatable bonds is 8. The van der Waals surface area contributed by atoms with Crippen LogP contribution in [0, 0.1) is 0 Å². The van der Waals surface area contributed by atoms with Crippen LogP contribution in [0.4, 0.5) is 6.01 Å². The number of likely N-dealkylation sites (N-methyl/N-ethyl adjacent to an activating group) is 1. The summed E-state index contributed by atoms with van der Waals surface area (Å²) < 4.78 is 5.72. The Morgan fingerprint density at radius 3 is 2.62 bits per heavy atom. The Morgan fingerprint density at radius 1 is 1.19 bits per heavy atom. The molecule has 0 unspecified atom stereocenters. The van der Waals surface area contributed by atoms with Crippen LogP contribution >= 0.6 is 0 Å². The average Bonchev–Trinajstić information content (AvgIpc) is 2.95. The molecule has 1 aromatic heterocycles. The van der Waals surface area contributed by atoms with Crippen LogP contribution in [-0.4, -0.2) is 79.9 Å². The number of hydrogen-bond donors (Lipinski definition) is 1. The van der Waals surface area contributed by atoms with Crippen LogP contribution in [0.15, 0.2) is 4.42 Å². The lowest BCUT2D eigenvalue weighted by atomic mass is 10.3. The van der Waals surface area contributed by atoms with E-state index in [0.29, 0.717) is 18.5 Å². The second kappa shape index (κ2) is 8.31. The fourth-order valence-corrected chi connectivity index (χ4v) is 2.32. The van der Waals surface area contributed by atoms with Crippen LogP contribution in [0.2, 0.25) is 0 Å². The van der Waals surface area contributed by atoms with Crippen molar-refractivity contribution in [1.82, 2.24) is 25.3 Å². The van der Waals surface area contributed by atoms with Gasteiger partial charge in [0.25, 0.3) is 0 Å². The van der Waals surface area contributed by atoms with Crippen molar-refractivity contribution in [2.24, 2.45) is 0 Å². The lowest BCUT2D eigenvalue weighted by Gasteiger charge is -2.34. The molecular weight excluding hydrogens is 268 g/mol. The molecule has 0 saturated carbocycles. The minimum absolute atomic E-state index is 0.656. The van der Waals surface area contributed by atoms with Crippen molar-refractivity contribution in [2.75, 3.05) is 64.8 Å². The minimum Gasteiger partial charge on any atom is -0.407 e. The second-order valence-electron chi connectivity index (χ2n) is 5.79. The largest absolute Gasteiger partial charge is 0.407 e. The first-order valence-corrected chi connectivity index (χ1v) is 7.84. The van der Waals surface area contributed by atoms with Gasteiger partial charge in [-0.3, -0.25) is 4.90 Å². The van der Waals surface area contributed by atoms with Crippen molar-refractivity contribution in [3.05, 3.63) is 5.89 Å². The number of piperazine rings is 1. The predicted molar refractivity (Wildman–Crippen MR) is 83.5 cm³/mol. The predicted octanol–water partition coefficient (Wildman–Crippen LogP) is 0.253. The molecule has 2 rings (SSSR count). The van der Waals surface area contributed by atoms with Gasteiger partial charge in [0.15, 0.2) is 0 Å². The van der Waals surface area contributed by atoms with Gasteiger partial charge in [-0.05, 0) is 27.1 Å². The van der Waals surface area contributed by atoms with E-state index in [4.69, 9.17) is 4.42 Å². The smallest absolute Gasteiger partial charge is 0.318 e. The van der Waals surface area contributed by atoms with Crippen molar-refractivity contribution >= 4 is 6.01 Å². The van der Waals surface area contributed by atoms with Gasteiger partial charge in [-0.25, -0.2) is 0 Å². The zero-order valence-corrected chi connectivity index (χ0v) is 13.5. The topological polar surface area (TPSA) is 60.7 Å². The third kappa shape index (κ3) is 5.26. The summed E-state index contributed by atoms with van der Waals surface area (Å²) in [4.78, 5) is 6.89. The third-order valence-electron chi connectivity index (χ3n) is 3.67. The molecule has 1 aliphatic rings. The average molecular weight is 296 g/mol. The van der Waals surface area contributed by atoms with Crippen molar-refractivity contribution < 1.29 is 4.42 Å². The molecule has 0 atom stereocenters. The van der Waals surface area contributed by atoms with Crippen LogP contribution in [0.5, 0.6) is 0 Å². The monoisotopic (exact) mass is 296 g/mol. The normalized spacial score (nSPS) is 16.9. The zero-order chi connectivity index (χ0) is 15.1. The molecule has 7 heteroatoms. The highest BCUT2D eigenvalue weighted by molar-refractivity contribution is 5.25. The fourth-order valence-electron chi connectivity index (χ4n) is 2.32. The van der Waals surface area contributed by atoms with Gasteiger partial charge in [0, 0.05) is 39.3 Å². The molecule has 1 aromatic rings. The van der Waals surface area contributed by atoms with E-state index in [-0.39, 0.29) is 0 Å². The van der Waals surface area contributed by atoms with E-state index in [1.54, 1.807) is 0 Å². The van der Waals surface area contributed by atoms with Crippen LogP contribution in [-0.2, 0) is 6.54 Å². The lowest BCUT2D eigenvalue weighted by molar-refractivity contribution is 0.226. The van der Waals surface area contributed by atoms with E-state index >= 15 is 0 Å². The first-order chi connectivity index (χ1) is 10.2. The molecule has 2 heterocycles. The summed E-state index contributed by atoms with van der Waals surface area (Å²) in [7, 11) is 4.23. The van der Waals surface area contributed by atoms with E-state index < -0.39 is 0 Å². The van der Waals surface area contributed by atoms with E-state index in [1.165, 1.54) is 0 Å². The standard InChI is InChI=1S/C14H28N6O/c1-4-5-15-12-13-16-17-14(21-13)20-10-8-19(9-11-20)7-6-18(2)3/h15H,4-12H2,1-3H3. The summed E-state index contributed by atoms with van der Waals surface area (Å²) in [6.07, 6.45) is 1.11. The van der Waals surface area contributed by atoms with Crippen LogP contribution in [0.25, 0.3) is 0 Å². The molecular formula is C14H28N6O. The van der Waals surface area contributed by atoms with Crippen molar-refractivity contribution in [3.8, 4) is 0 Å². The molecule has 0 radical (unpaired) electrons. The molecule has 0 amide bonds. The molecule has 0 spiro atoms.